The second-order valence-corrected chi connectivity index (χ2v) is 14.0. The van der Waals surface area contributed by atoms with E-state index in [0.29, 0.717) is 22.2 Å². The van der Waals surface area contributed by atoms with Gasteiger partial charge in [-0.1, -0.05) is 103 Å². The monoisotopic (exact) mass is 665 g/mol. The van der Waals surface area contributed by atoms with Crippen molar-refractivity contribution < 1.29 is 18.0 Å². The molecule has 0 aliphatic heterocycles. The Balaban J connectivity index is 1.80. The van der Waals surface area contributed by atoms with Gasteiger partial charge >= 0.3 is 0 Å². The Bertz CT molecular complexity index is 1710. The van der Waals surface area contributed by atoms with E-state index in [4.69, 9.17) is 23.2 Å². The Hall–Kier alpha value is -3.85. The van der Waals surface area contributed by atoms with Crippen LogP contribution < -0.4 is 9.62 Å². The van der Waals surface area contributed by atoms with E-state index in [0.717, 1.165) is 15.4 Å². The lowest BCUT2D eigenvalue weighted by atomic mass is 10.0. The molecule has 0 aromatic heterocycles. The smallest absolute Gasteiger partial charge is 0.264 e. The van der Waals surface area contributed by atoms with Crippen LogP contribution in [-0.2, 0) is 32.6 Å². The number of nitrogens with one attached hydrogen (secondary N) is 1. The van der Waals surface area contributed by atoms with E-state index >= 15 is 0 Å². The number of amides is 2. The Kier molecular flexibility index (Phi) is 11.7. The summed E-state index contributed by atoms with van der Waals surface area (Å²) in [5.41, 5.74) is 2.66. The van der Waals surface area contributed by atoms with Gasteiger partial charge in [-0.05, 0) is 66.4 Å². The average molecular weight is 667 g/mol. The van der Waals surface area contributed by atoms with Crippen molar-refractivity contribution in [1.82, 2.24) is 10.2 Å². The molecule has 0 aliphatic carbocycles. The molecule has 0 unspecified atom stereocenters. The highest BCUT2D eigenvalue weighted by Gasteiger charge is 2.34. The van der Waals surface area contributed by atoms with E-state index in [1.165, 1.54) is 23.1 Å². The molecular formula is C35H37Cl2N3O4S. The molecule has 0 bridgehead atoms. The molecule has 45 heavy (non-hydrogen) atoms. The van der Waals surface area contributed by atoms with Gasteiger partial charge in [-0.15, -0.1) is 0 Å². The Morgan fingerprint density at radius 3 is 2.04 bits per heavy atom. The lowest BCUT2D eigenvalue weighted by molar-refractivity contribution is -0.140. The van der Waals surface area contributed by atoms with Crippen molar-refractivity contribution in [2.75, 3.05) is 17.4 Å². The van der Waals surface area contributed by atoms with Gasteiger partial charge < -0.3 is 10.2 Å². The van der Waals surface area contributed by atoms with Gasteiger partial charge in [0.1, 0.15) is 12.6 Å². The third kappa shape index (κ3) is 9.33. The third-order valence-corrected chi connectivity index (χ3v) is 9.44. The van der Waals surface area contributed by atoms with Gasteiger partial charge in [0.25, 0.3) is 10.0 Å². The van der Waals surface area contributed by atoms with Crippen molar-refractivity contribution in [3.63, 3.8) is 0 Å². The lowest BCUT2D eigenvalue weighted by Crippen LogP contribution is -2.53. The van der Waals surface area contributed by atoms with Crippen LogP contribution in [0.2, 0.25) is 10.0 Å². The summed E-state index contributed by atoms with van der Waals surface area (Å²) in [5, 5.41) is 3.77. The quantitative estimate of drug-likeness (QED) is 0.168. The lowest BCUT2D eigenvalue weighted by Gasteiger charge is -2.34. The van der Waals surface area contributed by atoms with Crippen LogP contribution in [0.5, 0.6) is 0 Å². The predicted molar refractivity (Wildman–Crippen MR) is 181 cm³/mol. The van der Waals surface area contributed by atoms with Crippen LogP contribution in [-0.4, -0.2) is 44.3 Å². The summed E-state index contributed by atoms with van der Waals surface area (Å²) >= 11 is 12.6. The Labute approximate surface area is 275 Å². The molecule has 0 aliphatic rings. The summed E-state index contributed by atoms with van der Waals surface area (Å²) in [6.45, 7) is 5.71. The number of benzene rings is 4. The number of hydrogen-bond donors (Lipinski definition) is 1. The molecule has 7 nitrogen and oxygen atoms in total. The molecule has 0 radical (unpaired) electrons. The topological polar surface area (TPSA) is 86.8 Å². The number of carbonyl (C=O) groups is 2. The minimum absolute atomic E-state index is 0.0257. The van der Waals surface area contributed by atoms with E-state index in [-0.39, 0.29) is 35.4 Å². The minimum atomic E-state index is -4.22. The van der Waals surface area contributed by atoms with Crippen molar-refractivity contribution in [3.05, 3.63) is 130 Å². The number of halogens is 2. The number of anilines is 1. The van der Waals surface area contributed by atoms with Crippen molar-refractivity contribution >= 4 is 50.7 Å². The fourth-order valence-electron chi connectivity index (χ4n) is 4.81. The van der Waals surface area contributed by atoms with Crippen LogP contribution in [0.1, 0.15) is 30.5 Å². The van der Waals surface area contributed by atoms with Crippen LogP contribution in [0.3, 0.4) is 0 Å². The number of rotatable bonds is 13. The second-order valence-electron chi connectivity index (χ2n) is 11.3. The van der Waals surface area contributed by atoms with Gasteiger partial charge in [-0.25, -0.2) is 8.42 Å². The van der Waals surface area contributed by atoms with E-state index in [9.17, 15) is 18.0 Å². The molecule has 4 aromatic rings. The van der Waals surface area contributed by atoms with Gasteiger partial charge in [-0.3, -0.25) is 13.9 Å². The summed E-state index contributed by atoms with van der Waals surface area (Å²) in [6, 6.07) is 28.3. The van der Waals surface area contributed by atoms with Crippen molar-refractivity contribution in [2.45, 2.75) is 44.7 Å². The number of hydrogen-bond acceptors (Lipinski definition) is 4. The standard InChI is InChI=1S/C35H37Cl2N3O4S/c1-25(2)22-38-35(42)33(20-27-9-5-4-6-10-27)39(23-28-11-7-12-29(36)19-28)34(41)24-40(31-14-8-13-30(37)21-31)45(43,44)32-17-15-26(3)16-18-32/h4-19,21,25,33H,20,22-24H2,1-3H3,(H,38,42)/t33-/m1/s1. The maximum Gasteiger partial charge on any atom is 0.264 e. The number of nitrogens with zero attached hydrogens (tertiary/aromatic N) is 2. The molecule has 0 saturated carbocycles. The van der Waals surface area contributed by atoms with Crippen LogP contribution in [0.25, 0.3) is 0 Å². The largest absolute Gasteiger partial charge is 0.354 e. The molecule has 4 rings (SSSR count). The second kappa shape index (κ2) is 15.4. The molecule has 236 valence electrons. The molecule has 2 amide bonds. The van der Waals surface area contributed by atoms with E-state index < -0.39 is 28.5 Å². The van der Waals surface area contributed by atoms with Gasteiger partial charge in [-0.2, -0.15) is 0 Å². The summed E-state index contributed by atoms with van der Waals surface area (Å²) in [6.07, 6.45) is 0.221. The highest BCUT2D eigenvalue weighted by atomic mass is 35.5. The number of aryl methyl sites for hydroxylation is 1. The molecule has 0 saturated heterocycles. The van der Waals surface area contributed by atoms with Gasteiger partial charge in [0.15, 0.2) is 0 Å². The Morgan fingerprint density at radius 1 is 0.800 bits per heavy atom. The van der Waals surface area contributed by atoms with Crippen LogP contribution in [0.15, 0.2) is 108 Å². The average Bonchev–Trinajstić information content (AvgIpc) is 3.01. The zero-order chi connectivity index (χ0) is 32.6. The van der Waals surface area contributed by atoms with Crippen LogP contribution in [0.4, 0.5) is 5.69 Å². The Morgan fingerprint density at radius 2 is 1.42 bits per heavy atom. The summed E-state index contributed by atoms with van der Waals surface area (Å²) < 4.78 is 29.3. The van der Waals surface area contributed by atoms with E-state index in [1.807, 2.05) is 57.2 Å². The normalized spacial score (nSPS) is 12.0. The molecular weight excluding hydrogens is 629 g/mol. The van der Waals surface area contributed by atoms with Gasteiger partial charge in [0.05, 0.1) is 10.6 Å². The van der Waals surface area contributed by atoms with Gasteiger partial charge in [0, 0.05) is 29.6 Å². The van der Waals surface area contributed by atoms with Crippen molar-refractivity contribution in [3.8, 4) is 0 Å². The molecule has 0 heterocycles. The number of carbonyl (C=O) groups excluding carboxylic acids is 2. The highest BCUT2D eigenvalue weighted by molar-refractivity contribution is 7.92. The highest BCUT2D eigenvalue weighted by Crippen LogP contribution is 2.27. The SMILES string of the molecule is Cc1ccc(S(=O)(=O)N(CC(=O)N(Cc2cccc(Cl)c2)[C@H](Cc2ccccc2)C(=O)NCC(C)C)c2cccc(Cl)c2)cc1. The number of sulfonamides is 1. The molecule has 0 spiro atoms. The van der Waals surface area contributed by atoms with Crippen LogP contribution in [0, 0.1) is 12.8 Å². The molecule has 1 atom stereocenters. The maximum absolute atomic E-state index is 14.5. The zero-order valence-corrected chi connectivity index (χ0v) is 27.8. The van der Waals surface area contributed by atoms with Crippen LogP contribution >= 0.6 is 23.2 Å². The predicted octanol–water partition coefficient (Wildman–Crippen LogP) is 6.91. The third-order valence-electron chi connectivity index (χ3n) is 7.18. The first-order valence-corrected chi connectivity index (χ1v) is 16.8. The first-order chi connectivity index (χ1) is 21.4. The molecule has 10 heteroatoms. The summed E-state index contributed by atoms with van der Waals surface area (Å²) in [5.74, 6) is -0.716. The molecule has 4 aromatic carbocycles. The van der Waals surface area contributed by atoms with Crippen molar-refractivity contribution in [1.29, 1.82) is 0 Å². The maximum atomic E-state index is 14.5. The first kappa shape index (κ1) is 34.0. The molecule has 0 fully saturated rings. The zero-order valence-electron chi connectivity index (χ0n) is 25.5. The summed E-state index contributed by atoms with van der Waals surface area (Å²) in [7, 11) is -4.22. The molecule has 1 N–H and O–H groups in total. The summed E-state index contributed by atoms with van der Waals surface area (Å²) in [4.78, 5) is 29.8. The minimum Gasteiger partial charge on any atom is -0.354 e. The fraction of sp³-hybridized carbons (Fsp3) is 0.257. The fourth-order valence-corrected chi connectivity index (χ4v) is 6.61. The van der Waals surface area contributed by atoms with Crippen molar-refractivity contribution in [2.24, 2.45) is 5.92 Å². The first-order valence-electron chi connectivity index (χ1n) is 14.6. The van der Waals surface area contributed by atoms with E-state index in [2.05, 4.69) is 5.32 Å². The van der Waals surface area contributed by atoms with E-state index in [1.54, 1.807) is 48.5 Å². The van der Waals surface area contributed by atoms with Gasteiger partial charge in [0.2, 0.25) is 11.8 Å².